The first kappa shape index (κ1) is 13.7. The zero-order chi connectivity index (χ0) is 13.8. The van der Waals surface area contributed by atoms with Gasteiger partial charge in [0.05, 0.1) is 12.2 Å². The molecule has 0 aliphatic carbocycles. The summed E-state index contributed by atoms with van der Waals surface area (Å²) in [6, 6.07) is 4.39. The van der Waals surface area contributed by atoms with Crippen LogP contribution in [-0.4, -0.2) is 21.3 Å². The molecule has 0 saturated heterocycles. The van der Waals surface area contributed by atoms with Crippen molar-refractivity contribution in [3.63, 3.8) is 0 Å². The summed E-state index contributed by atoms with van der Waals surface area (Å²) in [5, 5.41) is 7.89. The third-order valence-corrected chi connectivity index (χ3v) is 3.30. The van der Waals surface area contributed by atoms with Crippen LogP contribution in [-0.2, 0) is 6.54 Å². The molecule has 1 N–H and O–H groups in total. The lowest BCUT2D eigenvalue weighted by Gasteiger charge is -2.18. The molecule has 4 heteroatoms. The minimum atomic E-state index is 0.165. The van der Waals surface area contributed by atoms with Gasteiger partial charge in [0, 0.05) is 29.7 Å². The van der Waals surface area contributed by atoms with Crippen molar-refractivity contribution in [2.75, 3.05) is 6.54 Å². The Kier molecular flexibility index (Phi) is 4.32. The molecule has 102 valence electrons. The van der Waals surface area contributed by atoms with Crippen molar-refractivity contribution in [3.8, 4) is 0 Å². The summed E-state index contributed by atoms with van der Waals surface area (Å²) in [6.45, 7) is 10.1. The van der Waals surface area contributed by atoms with Crippen LogP contribution in [0.1, 0.15) is 42.4 Å². The van der Waals surface area contributed by atoms with Gasteiger partial charge in [0.15, 0.2) is 0 Å². The molecule has 4 nitrogen and oxygen atoms in total. The maximum Gasteiger partial charge on any atom is 0.0625 e. The maximum atomic E-state index is 4.56. The fraction of sp³-hybridized carbons (Fsp3) is 0.467. The fourth-order valence-electron chi connectivity index (χ4n) is 2.32. The molecule has 0 aliphatic heterocycles. The van der Waals surface area contributed by atoms with Crippen LogP contribution in [0, 0.1) is 13.8 Å². The van der Waals surface area contributed by atoms with Gasteiger partial charge < -0.3 is 5.32 Å². The highest BCUT2D eigenvalue weighted by Gasteiger charge is 2.17. The molecule has 2 aromatic rings. The molecule has 0 saturated carbocycles. The van der Waals surface area contributed by atoms with Crippen LogP contribution in [0.3, 0.4) is 0 Å². The van der Waals surface area contributed by atoms with Gasteiger partial charge in [0.1, 0.15) is 0 Å². The molecule has 1 unspecified atom stereocenters. The minimum Gasteiger partial charge on any atom is -0.306 e. The monoisotopic (exact) mass is 258 g/mol. The SMILES string of the molecule is CCNC(c1cnn(CC)c1)c1ccc(C)nc1C. The summed E-state index contributed by atoms with van der Waals surface area (Å²) in [7, 11) is 0. The van der Waals surface area contributed by atoms with Crippen LogP contribution in [0.2, 0.25) is 0 Å². The molecule has 0 aliphatic rings. The second kappa shape index (κ2) is 5.97. The van der Waals surface area contributed by atoms with Crippen molar-refractivity contribution < 1.29 is 0 Å². The average Bonchev–Trinajstić information content (AvgIpc) is 2.85. The third kappa shape index (κ3) is 3.01. The van der Waals surface area contributed by atoms with E-state index in [0.29, 0.717) is 0 Å². The number of hydrogen-bond donors (Lipinski definition) is 1. The van der Waals surface area contributed by atoms with Gasteiger partial charge >= 0.3 is 0 Å². The van der Waals surface area contributed by atoms with Gasteiger partial charge in [-0.2, -0.15) is 5.10 Å². The number of hydrogen-bond acceptors (Lipinski definition) is 3. The zero-order valence-electron chi connectivity index (χ0n) is 12.1. The van der Waals surface area contributed by atoms with Gasteiger partial charge in [-0.15, -0.1) is 0 Å². The predicted molar refractivity (Wildman–Crippen MR) is 77.1 cm³/mol. The minimum absolute atomic E-state index is 0.165. The molecular weight excluding hydrogens is 236 g/mol. The Labute approximate surface area is 114 Å². The highest BCUT2D eigenvalue weighted by Crippen LogP contribution is 2.24. The summed E-state index contributed by atoms with van der Waals surface area (Å²) in [4.78, 5) is 4.56. The highest BCUT2D eigenvalue weighted by atomic mass is 15.3. The zero-order valence-corrected chi connectivity index (χ0v) is 12.1. The lowest BCUT2D eigenvalue weighted by molar-refractivity contribution is 0.619. The molecule has 0 bridgehead atoms. The Morgan fingerprint density at radius 1 is 1.26 bits per heavy atom. The van der Waals surface area contributed by atoms with Crippen LogP contribution >= 0.6 is 0 Å². The topological polar surface area (TPSA) is 42.7 Å². The smallest absolute Gasteiger partial charge is 0.0625 e. The van der Waals surface area contributed by atoms with E-state index >= 15 is 0 Å². The lowest BCUT2D eigenvalue weighted by atomic mass is 10.00. The maximum absolute atomic E-state index is 4.56. The molecule has 0 aromatic carbocycles. The Balaban J connectivity index is 2.38. The Morgan fingerprint density at radius 3 is 2.63 bits per heavy atom. The number of aromatic nitrogens is 3. The standard InChI is InChI=1S/C15H22N4/c1-5-16-15(13-9-17-19(6-2)10-13)14-8-7-11(3)18-12(14)4/h7-10,15-16H,5-6H2,1-4H3. The fourth-order valence-corrected chi connectivity index (χ4v) is 2.32. The first-order valence-electron chi connectivity index (χ1n) is 6.85. The Morgan fingerprint density at radius 2 is 2.05 bits per heavy atom. The van der Waals surface area contributed by atoms with Crippen LogP contribution in [0.5, 0.6) is 0 Å². The van der Waals surface area contributed by atoms with E-state index in [4.69, 9.17) is 0 Å². The Bertz CT molecular complexity index is 545. The average molecular weight is 258 g/mol. The molecule has 19 heavy (non-hydrogen) atoms. The van der Waals surface area contributed by atoms with E-state index in [1.54, 1.807) is 0 Å². The van der Waals surface area contributed by atoms with Crippen molar-refractivity contribution in [2.45, 2.75) is 40.3 Å². The molecule has 2 heterocycles. The quantitative estimate of drug-likeness (QED) is 0.896. The summed E-state index contributed by atoms with van der Waals surface area (Å²) in [5.74, 6) is 0. The lowest BCUT2D eigenvalue weighted by Crippen LogP contribution is -2.22. The summed E-state index contributed by atoms with van der Waals surface area (Å²) in [6.07, 6.45) is 4.04. The largest absolute Gasteiger partial charge is 0.306 e. The van der Waals surface area contributed by atoms with Gasteiger partial charge in [-0.25, -0.2) is 0 Å². The molecule has 2 rings (SSSR count). The van der Waals surface area contributed by atoms with E-state index in [1.807, 2.05) is 17.8 Å². The van der Waals surface area contributed by atoms with E-state index in [1.165, 1.54) is 11.1 Å². The van der Waals surface area contributed by atoms with E-state index in [2.05, 4.69) is 54.5 Å². The second-order valence-electron chi connectivity index (χ2n) is 4.75. The van der Waals surface area contributed by atoms with Crippen molar-refractivity contribution in [3.05, 3.63) is 47.0 Å². The molecule has 1 atom stereocenters. The number of aryl methyl sites for hydroxylation is 3. The summed E-state index contributed by atoms with van der Waals surface area (Å²) in [5.41, 5.74) is 4.55. The van der Waals surface area contributed by atoms with Crippen LogP contribution in [0.25, 0.3) is 0 Å². The molecule has 0 spiro atoms. The number of nitrogens with zero attached hydrogens (tertiary/aromatic N) is 3. The van der Waals surface area contributed by atoms with E-state index < -0.39 is 0 Å². The number of rotatable bonds is 5. The van der Waals surface area contributed by atoms with Gasteiger partial charge in [-0.1, -0.05) is 13.0 Å². The van der Waals surface area contributed by atoms with Crippen molar-refractivity contribution in [1.29, 1.82) is 0 Å². The molecule has 2 aromatic heterocycles. The van der Waals surface area contributed by atoms with Crippen molar-refractivity contribution >= 4 is 0 Å². The van der Waals surface area contributed by atoms with E-state index in [-0.39, 0.29) is 6.04 Å². The second-order valence-corrected chi connectivity index (χ2v) is 4.75. The number of nitrogens with one attached hydrogen (secondary N) is 1. The summed E-state index contributed by atoms with van der Waals surface area (Å²) >= 11 is 0. The van der Waals surface area contributed by atoms with Crippen LogP contribution in [0.15, 0.2) is 24.5 Å². The molecule has 0 radical (unpaired) electrons. The van der Waals surface area contributed by atoms with E-state index in [9.17, 15) is 0 Å². The van der Waals surface area contributed by atoms with Crippen molar-refractivity contribution in [2.24, 2.45) is 0 Å². The first-order valence-corrected chi connectivity index (χ1v) is 6.85. The van der Waals surface area contributed by atoms with Crippen LogP contribution < -0.4 is 5.32 Å². The van der Waals surface area contributed by atoms with Crippen molar-refractivity contribution in [1.82, 2.24) is 20.1 Å². The Hall–Kier alpha value is -1.68. The third-order valence-electron chi connectivity index (χ3n) is 3.30. The van der Waals surface area contributed by atoms with E-state index in [0.717, 1.165) is 24.5 Å². The van der Waals surface area contributed by atoms with Gasteiger partial charge in [-0.05, 0) is 38.9 Å². The van der Waals surface area contributed by atoms with Crippen LogP contribution in [0.4, 0.5) is 0 Å². The molecule has 0 fully saturated rings. The summed E-state index contributed by atoms with van der Waals surface area (Å²) < 4.78 is 1.95. The highest BCUT2D eigenvalue weighted by molar-refractivity contribution is 5.32. The first-order chi connectivity index (χ1) is 9.15. The normalized spacial score (nSPS) is 12.6. The molecule has 0 amide bonds. The molecular formula is C15H22N4. The number of pyridine rings is 1. The van der Waals surface area contributed by atoms with Gasteiger partial charge in [-0.3, -0.25) is 9.67 Å². The van der Waals surface area contributed by atoms with Gasteiger partial charge in [0.25, 0.3) is 0 Å². The van der Waals surface area contributed by atoms with Gasteiger partial charge in [0.2, 0.25) is 0 Å². The predicted octanol–water partition coefficient (Wildman–Crippen LogP) is 2.61.